The summed E-state index contributed by atoms with van der Waals surface area (Å²) in [7, 11) is 0. The van der Waals surface area contributed by atoms with Crippen LogP contribution in [0.25, 0.3) is 0 Å². The summed E-state index contributed by atoms with van der Waals surface area (Å²) >= 11 is 5.39. The average Bonchev–Trinajstić information content (AvgIpc) is 2.71. The Hall–Kier alpha value is -0.640. The van der Waals surface area contributed by atoms with Gasteiger partial charge < -0.3 is 5.32 Å². The third-order valence-electron chi connectivity index (χ3n) is 3.45. The van der Waals surface area contributed by atoms with Crippen LogP contribution >= 0.6 is 27.3 Å². The molecular weight excluding hydrogens is 294 g/mol. The van der Waals surface area contributed by atoms with Gasteiger partial charge in [0.15, 0.2) is 0 Å². The molecule has 1 aliphatic heterocycles. The Morgan fingerprint density at radius 2 is 1.88 bits per heavy atom. The van der Waals surface area contributed by atoms with Crippen LogP contribution in [0, 0.1) is 0 Å². The van der Waals surface area contributed by atoms with E-state index in [4.69, 9.17) is 0 Å². The van der Waals surface area contributed by atoms with Crippen LogP contribution in [-0.4, -0.2) is 13.1 Å². The molecule has 3 rings (SSSR count). The monoisotopic (exact) mass is 307 g/mol. The fraction of sp³-hybridized carbons (Fsp3) is 0.286. The van der Waals surface area contributed by atoms with E-state index in [0.717, 1.165) is 19.5 Å². The maximum atomic E-state index is 3.54. The van der Waals surface area contributed by atoms with Gasteiger partial charge in [-0.25, -0.2) is 0 Å². The highest BCUT2D eigenvalue weighted by Gasteiger charge is 2.38. The molecule has 2 aromatic rings. The van der Waals surface area contributed by atoms with Crippen LogP contribution in [0.15, 0.2) is 46.3 Å². The van der Waals surface area contributed by atoms with E-state index in [2.05, 4.69) is 63.7 Å². The number of rotatable bonds is 3. The molecule has 3 heteroatoms. The van der Waals surface area contributed by atoms with Crippen LogP contribution < -0.4 is 5.32 Å². The lowest BCUT2D eigenvalue weighted by Gasteiger charge is -2.43. The number of thiophene rings is 1. The molecule has 0 atom stereocenters. The Bertz CT molecular complexity index is 502. The second-order valence-electron chi connectivity index (χ2n) is 4.63. The number of nitrogens with one attached hydrogen (secondary N) is 1. The first kappa shape index (κ1) is 11.5. The molecule has 0 saturated carbocycles. The van der Waals surface area contributed by atoms with Gasteiger partial charge in [0.2, 0.25) is 0 Å². The van der Waals surface area contributed by atoms with Crippen molar-refractivity contribution < 1.29 is 0 Å². The Kier molecular flexibility index (Phi) is 3.07. The first-order valence-corrected chi connectivity index (χ1v) is 7.40. The highest BCUT2D eigenvalue weighted by Crippen LogP contribution is 2.35. The number of hydrogen-bond acceptors (Lipinski definition) is 2. The van der Waals surface area contributed by atoms with Crippen molar-refractivity contribution in [3.63, 3.8) is 0 Å². The topological polar surface area (TPSA) is 12.0 Å². The van der Waals surface area contributed by atoms with Crippen LogP contribution in [0.5, 0.6) is 0 Å². The first-order valence-electron chi connectivity index (χ1n) is 5.79. The predicted molar refractivity (Wildman–Crippen MR) is 76.7 cm³/mol. The molecule has 1 aromatic carbocycles. The van der Waals surface area contributed by atoms with Gasteiger partial charge in [0.05, 0.1) is 3.79 Å². The molecule has 1 saturated heterocycles. The van der Waals surface area contributed by atoms with Crippen LogP contribution in [0.2, 0.25) is 0 Å². The van der Waals surface area contributed by atoms with Gasteiger partial charge in [0.25, 0.3) is 0 Å². The van der Waals surface area contributed by atoms with E-state index in [1.807, 2.05) is 11.3 Å². The van der Waals surface area contributed by atoms with E-state index in [-0.39, 0.29) is 0 Å². The number of halogens is 1. The number of benzene rings is 1. The predicted octanol–water partition coefficient (Wildman–Crippen LogP) is 3.59. The van der Waals surface area contributed by atoms with Gasteiger partial charge in [-0.2, -0.15) is 0 Å². The van der Waals surface area contributed by atoms with Gasteiger partial charge in [0, 0.05) is 23.4 Å². The van der Waals surface area contributed by atoms with Gasteiger partial charge in [0.1, 0.15) is 0 Å². The lowest BCUT2D eigenvalue weighted by Crippen LogP contribution is -2.58. The Morgan fingerprint density at radius 3 is 2.41 bits per heavy atom. The van der Waals surface area contributed by atoms with Crippen LogP contribution in [0.3, 0.4) is 0 Å². The molecule has 0 unspecified atom stereocenters. The molecule has 2 heterocycles. The lowest BCUT2D eigenvalue weighted by molar-refractivity contribution is 0.276. The minimum absolute atomic E-state index is 0.311. The van der Waals surface area contributed by atoms with E-state index >= 15 is 0 Å². The third kappa shape index (κ3) is 2.19. The van der Waals surface area contributed by atoms with Crippen molar-refractivity contribution in [3.8, 4) is 0 Å². The van der Waals surface area contributed by atoms with Crippen molar-refractivity contribution in [2.45, 2.75) is 11.8 Å². The molecule has 88 valence electrons. The van der Waals surface area contributed by atoms with Gasteiger partial charge in [-0.1, -0.05) is 30.3 Å². The van der Waals surface area contributed by atoms with Gasteiger partial charge in [-0.05, 0) is 40.0 Å². The molecule has 1 N–H and O–H groups in total. The summed E-state index contributed by atoms with van der Waals surface area (Å²) in [5.74, 6) is 0. The van der Waals surface area contributed by atoms with E-state index in [9.17, 15) is 0 Å². The molecule has 0 spiro atoms. The van der Waals surface area contributed by atoms with Gasteiger partial charge in [-0.3, -0.25) is 0 Å². The summed E-state index contributed by atoms with van der Waals surface area (Å²) in [5, 5.41) is 3.42. The first-order chi connectivity index (χ1) is 8.28. The van der Waals surface area contributed by atoms with Crippen molar-refractivity contribution in [1.29, 1.82) is 0 Å². The fourth-order valence-electron chi connectivity index (χ4n) is 2.43. The molecular formula is C14H14BrNS. The molecule has 1 aliphatic rings. The van der Waals surface area contributed by atoms with E-state index < -0.39 is 0 Å². The van der Waals surface area contributed by atoms with Crippen molar-refractivity contribution in [2.75, 3.05) is 13.1 Å². The lowest BCUT2D eigenvalue weighted by atomic mass is 9.72. The molecule has 0 radical (unpaired) electrons. The zero-order valence-corrected chi connectivity index (χ0v) is 11.9. The normalized spacial score (nSPS) is 17.7. The molecule has 1 fully saturated rings. The van der Waals surface area contributed by atoms with E-state index in [1.54, 1.807) is 0 Å². The minimum atomic E-state index is 0.311. The van der Waals surface area contributed by atoms with Crippen LogP contribution in [0.4, 0.5) is 0 Å². The fourth-order valence-corrected chi connectivity index (χ4v) is 4.06. The average molecular weight is 308 g/mol. The standard InChI is InChI=1S/C14H14BrNS/c15-13-7-6-12(17-13)8-14(9-16-10-14)11-4-2-1-3-5-11/h1-7,16H,8-10H2. The minimum Gasteiger partial charge on any atom is -0.315 e. The third-order valence-corrected chi connectivity index (χ3v) is 5.08. The summed E-state index contributed by atoms with van der Waals surface area (Å²) < 4.78 is 1.22. The van der Waals surface area contributed by atoms with Crippen molar-refractivity contribution in [1.82, 2.24) is 5.32 Å². The van der Waals surface area contributed by atoms with Crippen LogP contribution in [-0.2, 0) is 11.8 Å². The molecule has 1 nitrogen and oxygen atoms in total. The second-order valence-corrected chi connectivity index (χ2v) is 7.18. The maximum Gasteiger partial charge on any atom is 0.0701 e. The Balaban J connectivity index is 1.88. The largest absolute Gasteiger partial charge is 0.315 e. The number of hydrogen-bond donors (Lipinski definition) is 1. The Labute approximate surface area is 114 Å². The van der Waals surface area contributed by atoms with Crippen molar-refractivity contribution >= 4 is 27.3 Å². The summed E-state index contributed by atoms with van der Waals surface area (Å²) in [6, 6.07) is 15.3. The molecule has 0 amide bonds. The maximum absolute atomic E-state index is 3.54. The van der Waals surface area contributed by atoms with Crippen molar-refractivity contribution in [3.05, 3.63) is 56.7 Å². The molecule has 0 bridgehead atoms. The SMILES string of the molecule is Brc1ccc(CC2(c3ccccc3)CNC2)s1. The van der Waals surface area contributed by atoms with E-state index in [1.165, 1.54) is 14.2 Å². The van der Waals surface area contributed by atoms with Crippen LogP contribution in [0.1, 0.15) is 10.4 Å². The highest BCUT2D eigenvalue weighted by atomic mass is 79.9. The quantitative estimate of drug-likeness (QED) is 0.913. The van der Waals surface area contributed by atoms with E-state index in [0.29, 0.717) is 5.41 Å². The highest BCUT2D eigenvalue weighted by molar-refractivity contribution is 9.11. The zero-order valence-electron chi connectivity index (χ0n) is 9.45. The smallest absolute Gasteiger partial charge is 0.0701 e. The molecule has 17 heavy (non-hydrogen) atoms. The molecule has 1 aromatic heterocycles. The second kappa shape index (κ2) is 4.56. The van der Waals surface area contributed by atoms with Crippen molar-refractivity contribution in [2.24, 2.45) is 0 Å². The summed E-state index contributed by atoms with van der Waals surface area (Å²) in [6.45, 7) is 2.18. The van der Waals surface area contributed by atoms with Gasteiger partial charge >= 0.3 is 0 Å². The summed E-state index contributed by atoms with van der Waals surface area (Å²) in [4.78, 5) is 1.46. The summed E-state index contributed by atoms with van der Waals surface area (Å²) in [6.07, 6.45) is 1.14. The summed E-state index contributed by atoms with van der Waals surface area (Å²) in [5.41, 5.74) is 1.77. The van der Waals surface area contributed by atoms with Gasteiger partial charge in [-0.15, -0.1) is 11.3 Å². The molecule has 0 aliphatic carbocycles. The zero-order chi connectivity index (χ0) is 11.7. The Morgan fingerprint density at radius 1 is 1.12 bits per heavy atom.